The Kier molecular flexibility index (Phi) is 6.35. The van der Waals surface area contributed by atoms with E-state index in [4.69, 9.17) is 4.74 Å². The second-order valence-electron chi connectivity index (χ2n) is 8.10. The third-order valence-electron chi connectivity index (χ3n) is 6.15. The molecule has 0 saturated carbocycles. The topological polar surface area (TPSA) is 76.5 Å². The maximum Gasteiger partial charge on any atom is 0.409 e. The second-order valence-corrected chi connectivity index (χ2v) is 8.10. The van der Waals surface area contributed by atoms with Crippen molar-refractivity contribution in [3.63, 3.8) is 0 Å². The number of fused-ring (bicyclic) bond motifs is 1. The zero-order valence-corrected chi connectivity index (χ0v) is 17.5. The lowest BCUT2D eigenvalue weighted by Gasteiger charge is -2.32. The van der Waals surface area contributed by atoms with Crippen LogP contribution in [-0.4, -0.2) is 46.4 Å². The zero-order chi connectivity index (χ0) is 20.9. The van der Waals surface area contributed by atoms with Crippen LogP contribution in [0, 0.1) is 5.92 Å². The quantitative estimate of drug-likeness (QED) is 0.821. The van der Waals surface area contributed by atoms with Gasteiger partial charge < -0.3 is 15.0 Å². The Morgan fingerprint density at radius 2 is 1.93 bits per heavy atom. The first-order valence-electron chi connectivity index (χ1n) is 11.0. The summed E-state index contributed by atoms with van der Waals surface area (Å²) >= 11 is 0. The summed E-state index contributed by atoms with van der Waals surface area (Å²) in [5.41, 5.74) is 3.60. The van der Waals surface area contributed by atoms with Crippen molar-refractivity contribution in [1.29, 1.82) is 0 Å². The Labute approximate surface area is 177 Å². The van der Waals surface area contributed by atoms with Crippen LogP contribution in [0.25, 0.3) is 0 Å². The Hall–Kier alpha value is -2.83. The summed E-state index contributed by atoms with van der Waals surface area (Å²) in [5, 5.41) is 7.88. The molecule has 160 valence electrons. The van der Waals surface area contributed by atoms with E-state index in [0.29, 0.717) is 32.5 Å². The lowest BCUT2D eigenvalue weighted by molar-refractivity contribution is -0.127. The summed E-state index contributed by atoms with van der Waals surface area (Å²) in [7, 11) is 0. The number of nitrogens with zero attached hydrogens (tertiary/aromatic N) is 3. The van der Waals surface area contributed by atoms with Crippen LogP contribution in [0.3, 0.4) is 0 Å². The van der Waals surface area contributed by atoms with Gasteiger partial charge in [-0.05, 0) is 44.6 Å². The van der Waals surface area contributed by atoms with Crippen LogP contribution in [0.1, 0.15) is 55.5 Å². The number of rotatable bonds is 5. The fraction of sp³-hybridized carbons (Fsp3) is 0.522. The van der Waals surface area contributed by atoms with Gasteiger partial charge in [0.1, 0.15) is 0 Å². The van der Waals surface area contributed by atoms with Crippen molar-refractivity contribution in [3.05, 3.63) is 53.3 Å². The summed E-state index contributed by atoms with van der Waals surface area (Å²) in [6.45, 7) is 4.08. The highest BCUT2D eigenvalue weighted by Crippen LogP contribution is 2.31. The van der Waals surface area contributed by atoms with Gasteiger partial charge in [0, 0.05) is 30.3 Å². The van der Waals surface area contributed by atoms with Crippen molar-refractivity contribution >= 4 is 12.0 Å². The minimum atomic E-state index is -0.279. The maximum atomic E-state index is 12.9. The number of carbonyl (C=O) groups is 2. The molecule has 0 bridgehead atoms. The minimum Gasteiger partial charge on any atom is -0.450 e. The monoisotopic (exact) mass is 410 g/mol. The largest absolute Gasteiger partial charge is 0.450 e. The Morgan fingerprint density at radius 3 is 2.67 bits per heavy atom. The van der Waals surface area contributed by atoms with Gasteiger partial charge in [0.25, 0.3) is 0 Å². The number of amides is 2. The molecule has 0 spiro atoms. The van der Waals surface area contributed by atoms with Gasteiger partial charge in [0.2, 0.25) is 5.91 Å². The number of likely N-dealkylation sites (tertiary alicyclic amines) is 1. The Balaban J connectivity index is 1.36. The highest BCUT2D eigenvalue weighted by molar-refractivity contribution is 5.79. The molecular weight excluding hydrogens is 380 g/mol. The fourth-order valence-electron chi connectivity index (χ4n) is 4.49. The molecular formula is C23H30N4O3. The third kappa shape index (κ3) is 4.50. The van der Waals surface area contributed by atoms with Gasteiger partial charge in [-0.1, -0.05) is 30.3 Å². The molecule has 1 unspecified atom stereocenters. The molecule has 7 nitrogen and oxygen atoms in total. The molecule has 2 aliphatic rings. The van der Waals surface area contributed by atoms with E-state index >= 15 is 0 Å². The number of hydrogen-bond acceptors (Lipinski definition) is 4. The molecule has 2 amide bonds. The van der Waals surface area contributed by atoms with Gasteiger partial charge in [-0.2, -0.15) is 5.10 Å². The number of aromatic nitrogens is 2. The van der Waals surface area contributed by atoms with E-state index in [1.54, 1.807) is 11.8 Å². The van der Waals surface area contributed by atoms with Gasteiger partial charge >= 0.3 is 6.09 Å². The summed E-state index contributed by atoms with van der Waals surface area (Å²) in [4.78, 5) is 26.5. The number of nitrogens with one attached hydrogen (secondary N) is 1. The average Bonchev–Trinajstić information content (AvgIpc) is 3.18. The number of hydrogen-bond donors (Lipinski definition) is 1. The van der Waals surface area contributed by atoms with E-state index in [-0.39, 0.29) is 24.0 Å². The van der Waals surface area contributed by atoms with Crippen molar-refractivity contribution < 1.29 is 14.3 Å². The van der Waals surface area contributed by atoms with Crippen molar-refractivity contribution in [1.82, 2.24) is 20.0 Å². The van der Waals surface area contributed by atoms with Crippen LogP contribution in [0.15, 0.2) is 36.5 Å². The zero-order valence-electron chi connectivity index (χ0n) is 17.5. The maximum absolute atomic E-state index is 12.9. The molecule has 1 aromatic carbocycles. The number of ether oxygens (including phenoxy) is 1. The Morgan fingerprint density at radius 1 is 1.17 bits per heavy atom. The van der Waals surface area contributed by atoms with Crippen LogP contribution < -0.4 is 5.32 Å². The van der Waals surface area contributed by atoms with Crippen molar-refractivity contribution in [2.45, 2.75) is 51.6 Å². The predicted octanol–water partition coefficient (Wildman–Crippen LogP) is 3.29. The van der Waals surface area contributed by atoms with Gasteiger partial charge in [0.15, 0.2) is 0 Å². The molecule has 1 N–H and O–H groups in total. The normalized spacial score (nSPS) is 19.2. The molecule has 7 heteroatoms. The summed E-state index contributed by atoms with van der Waals surface area (Å²) in [6, 6.07) is 10.3. The van der Waals surface area contributed by atoms with E-state index in [0.717, 1.165) is 31.4 Å². The van der Waals surface area contributed by atoms with Gasteiger partial charge in [0.05, 0.1) is 25.4 Å². The number of carbonyl (C=O) groups excluding carboxylic acids is 2. The first-order chi connectivity index (χ1) is 14.7. The van der Waals surface area contributed by atoms with Crippen LogP contribution in [0.4, 0.5) is 4.79 Å². The Bertz CT molecular complexity index is 872. The fourth-order valence-corrected chi connectivity index (χ4v) is 4.49. The molecule has 1 saturated heterocycles. The van der Waals surface area contributed by atoms with Crippen LogP contribution in [-0.2, 0) is 22.5 Å². The predicted molar refractivity (Wildman–Crippen MR) is 113 cm³/mol. The molecule has 1 fully saturated rings. The molecule has 1 aromatic heterocycles. The average molecular weight is 411 g/mol. The highest BCUT2D eigenvalue weighted by atomic mass is 16.6. The first-order valence-corrected chi connectivity index (χ1v) is 11.0. The number of piperidine rings is 1. The molecule has 1 atom stereocenters. The van der Waals surface area contributed by atoms with E-state index in [1.165, 1.54) is 11.3 Å². The smallest absolute Gasteiger partial charge is 0.409 e. The van der Waals surface area contributed by atoms with Gasteiger partial charge in [-0.3, -0.25) is 9.48 Å². The highest BCUT2D eigenvalue weighted by Gasteiger charge is 2.31. The van der Waals surface area contributed by atoms with Crippen LogP contribution in [0.5, 0.6) is 0 Å². The lowest BCUT2D eigenvalue weighted by atomic mass is 9.91. The summed E-state index contributed by atoms with van der Waals surface area (Å²) in [5.74, 6) is 0.0348. The van der Waals surface area contributed by atoms with E-state index in [9.17, 15) is 9.59 Å². The minimum absolute atomic E-state index is 0.0221. The molecule has 2 heterocycles. The van der Waals surface area contributed by atoms with E-state index < -0.39 is 0 Å². The van der Waals surface area contributed by atoms with Crippen LogP contribution in [0.2, 0.25) is 0 Å². The standard InChI is InChI=1S/C23H30N4O3/c1-2-30-23(29)26-13-11-18(12-14-26)22(28)25-20-9-6-10-21-19(20)15-24-27(21)16-17-7-4-3-5-8-17/h3-5,7-8,15,18,20H,2,6,9-14,16H2,1H3,(H,25,28). The van der Waals surface area contributed by atoms with Gasteiger partial charge in [-0.25, -0.2) is 4.79 Å². The molecule has 2 aromatic rings. The summed E-state index contributed by atoms with van der Waals surface area (Å²) < 4.78 is 7.13. The van der Waals surface area contributed by atoms with Crippen molar-refractivity contribution in [3.8, 4) is 0 Å². The van der Waals surface area contributed by atoms with Crippen molar-refractivity contribution in [2.24, 2.45) is 5.92 Å². The lowest BCUT2D eigenvalue weighted by Crippen LogP contribution is -2.44. The molecule has 1 aliphatic heterocycles. The first kappa shape index (κ1) is 20.4. The van der Waals surface area contributed by atoms with Crippen molar-refractivity contribution in [2.75, 3.05) is 19.7 Å². The number of benzene rings is 1. The third-order valence-corrected chi connectivity index (χ3v) is 6.15. The molecule has 4 rings (SSSR count). The SMILES string of the molecule is CCOC(=O)N1CCC(C(=O)NC2CCCc3c2cnn3Cc2ccccc2)CC1. The van der Waals surface area contributed by atoms with Crippen LogP contribution >= 0.6 is 0 Å². The van der Waals surface area contributed by atoms with E-state index in [1.807, 2.05) is 24.4 Å². The molecule has 30 heavy (non-hydrogen) atoms. The van der Waals surface area contributed by atoms with Gasteiger partial charge in [-0.15, -0.1) is 0 Å². The molecule has 0 radical (unpaired) electrons. The van der Waals surface area contributed by atoms with E-state index in [2.05, 4.69) is 27.2 Å². The molecule has 1 aliphatic carbocycles. The second kappa shape index (κ2) is 9.32. The summed E-state index contributed by atoms with van der Waals surface area (Å²) in [6.07, 6.45) is 5.98.